The molecule has 1 fully saturated rings. The molecule has 1 saturated carbocycles. The molecule has 1 aliphatic carbocycles. The molecule has 1 atom stereocenters. The van der Waals surface area contributed by atoms with Gasteiger partial charge in [0.25, 0.3) is 0 Å². The highest BCUT2D eigenvalue weighted by Crippen LogP contribution is 2.39. The topological polar surface area (TPSA) is 59.5 Å². The molecule has 1 aromatic heterocycles. The average molecular weight is 236 g/mol. The predicted molar refractivity (Wildman–Crippen MR) is 65.2 cm³/mol. The number of nitrogens with two attached hydrogens (primary N) is 1. The van der Waals surface area contributed by atoms with Gasteiger partial charge in [0.05, 0.1) is 11.8 Å². The van der Waals surface area contributed by atoms with Gasteiger partial charge in [-0.15, -0.1) is 0 Å². The highest BCUT2D eigenvalue weighted by molar-refractivity contribution is 5.86. The van der Waals surface area contributed by atoms with Crippen molar-refractivity contribution in [1.82, 2.24) is 4.90 Å². The number of aryl methyl sites for hydroxylation is 1. The monoisotopic (exact) mass is 236 g/mol. The van der Waals surface area contributed by atoms with E-state index in [2.05, 4.69) is 0 Å². The molecular weight excluding hydrogens is 216 g/mol. The molecule has 0 radical (unpaired) electrons. The van der Waals surface area contributed by atoms with Crippen LogP contribution in [0.25, 0.3) is 0 Å². The summed E-state index contributed by atoms with van der Waals surface area (Å²) in [6, 6.07) is 1.89. The van der Waals surface area contributed by atoms with Crippen LogP contribution in [0.1, 0.15) is 31.1 Å². The van der Waals surface area contributed by atoms with Gasteiger partial charge in [0, 0.05) is 19.2 Å². The Kier molecular flexibility index (Phi) is 3.00. The maximum absolute atomic E-state index is 12.3. The number of furan rings is 1. The van der Waals surface area contributed by atoms with Crippen molar-refractivity contribution >= 4 is 5.91 Å². The van der Waals surface area contributed by atoms with E-state index >= 15 is 0 Å². The van der Waals surface area contributed by atoms with Gasteiger partial charge in [0.2, 0.25) is 5.91 Å². The quantitative estimate of drug-likeness (QED) is 0.865. The van der Waals surface area contributed by atoms with E-state index in [9.17, 15) is 4.79 Å². The van der Waals surface area contributed by atoms with Gasteiger partial charge >= 0.3 is 0 Å². The molecule has 4 heteroatoms. The first-order chi connectivity index (χ1) is 7.93. The number of nitrogens with zero attached hydrogens (tertiary/aromatic N) is 1. The van der Waals surface area contributed by atoms with Crippen LogP contribution in [0.4, 0.5) is 0 Å². The Hall–Kier alpha value is -1.29. The van der Waals surface area contributed by atoms with Crippen LogP contribution in [-0.4, -0.2) is 23.4 Å². The summed E-state index contributed by atoms with van der Waals surface area (Å²) in [7, 11) is 1.79. The maximum atomic E-state index is 12.3. The second kappa shape index (κ2) is 4.18. The van der Waals surface area contributed by atoms with E-state index in [1.54, 1.807) is 18.2 Å². The average Bonchev–Trinajstić information content (AvgIpc) is 3.05. The lowest BCUT2D eigenvalue weighted by atomic mass is 9.95. The van der Waals surface area contributed by atoms with E-state index in [1.165, 1.54) is 0 Å². The molecule has 17 heavy (non-hydrogen) atoms. The normalized spacial score (nSPS) is 18.8. The fourth-order valence-electron chi connectivity index (χ4n) is 2.17. The summed E-state index contributed by atoms with van der Waals surface area (Å²) in [6.45, 7) is 4.29. The Labute approximate surface area is 102 Å². The van der Waals surface area contributed by atoms with Gasteiger partial charge in [0.15, 0.2) is 0 Å². The molecule has 0 aromatic carbocycles. The Morgan fingerprint density at radius 1 is 1.65 bits per heavy atom. The summed E-state index contributed by atoms with van der Waals surface area (Å²) < 4.78 is 5.22. The second-order valence-corrected chi connectivity index (χ2v) is 5.22. The molecule has 1 amide bonds. The van der Waals surface area contributed by atoms with E-state index in [0.717, 1.165) is 24.2 Å². The summed E-state index contributed by atoms with van der Waals surface area (Å²) in [5.74, 6) is 1.22. The van der Waals surface area contributed by atoms with Crippen molar-refractivity contribution in [3.8, 4) is 0 Å². The minimum Gasteiger partial charge on any atom is -0.469 e. The van der Waals surface area contributed by atoms with Gasteiger partial charge in [-0.2, -0.15) is 0 Å². The van der Waals surface area contributed by atoms with Crippen LogP contribution in [-0.2, 0) is 11.3 Å². The SMILES string of the molecule is Cc1occc1CN(C)C(=O)C(C)(N)C1CC1. The van der Waals surface area contributed by atoms with Crippen molar-refractivity contribution in [1.29, 1.82) is 0 Å². The smallest absolute Gasteiger partial charge is 0.242 e. The molecule has 1 unspecified atom stereocenters. The molecule has 1 aliphatic rings. The molecule has 0 spiro atoms. The summed E-state index contributed by atoms with van der Waals surface area (Å²) in [6.07, 6.45) is 3.78. The van der Waals surface area contributed by atoms with Crippen LogP contribution in [0.5, 0.6) is 0 Å². The molecule has 4 nitrogen and oxygen atoms in total. The van der Waals surface area contributed by atoms with Crippen LogP contribution >= 0.6 is 0 Å². The highest BCUT2D eigenvalue weighted by Gasteiger charge is 2.45. The number of likely N-dealkylation sites (N-methyl/N-ethyl adjacent to an activating group) is 1. The fourth-order valence-corrected chi connectivity index (χ4v) is 2.17. The zero-order valence-electron chi connectivity index (χ0n) is 10.7. The number of amides is 1. The van der Waals surface area contributed by atoms with Gasteiger partial charge in [-0.3, -0.25) is 4.79 Å². The first-order valence-electron chi connectivity index (χ1n) is 6.00. The molecule has 0 aliphatic heterocycles. The van der Waals surface area contributed by atoms with E-state index in [0.29, 0.717) is 12.5 Å². The van der Waals surface area contributed by atoms with Crippen LogP contribution in [0.15, 0.2) is 16.7 Å². The third-order valence-electron chi connectivity index (χ3n) is 3.61. The van der Waals surface area contributed by atoms with Crippen molar-refractivity contribution < 1.29 is 9.21 Å². The third-order valence-corrected chi connectivity index (χ3v) is 3.61. The molecule has 1 aromatic rings. The van der Waals surface area contributed by atoms with Gasteiger partial charge in [-0.05, 0) is 38.7 Å². The zero-order valence-corrected chi connectivity index (χ0v) is 10.7. The van der Waals surface area contributed by atoms with Crippen molar-refractivity contribution in [2.75, 3.05) is 7.05 Å². The Bertz CT molecular complexity index is 419. The predicted octanol–water partition coefficient (Wildman–Crippen LogP) is 1.67. The van der Waals surface area contributed by atoms with E-state index in [4.69, 9.17) is 10.2 Å². The second-order valence-electron chi connectivity index (χ2n) is 5.22. The standard InChI is InChI=1S/C13H20N2O2/c1-9-10(6-7-17-9)8-15(3)12(16)13(2,14)11-4-5-11/h6-7,11H,4-5,8,14H2,1-3H3. The summed E-state index contributed by atoms with van der Waals surface area (Å²) in [5, 5.41) is 0. The number of carbonyl (C=O) groups excluding carboxylic acids is 1. The van der Waals surface area contributed by atoms with E-state index in [-0.39, 0.29) is 5.91 Å². The van der Waals surface area contributed by atoms with Gasteiger partial charge in [0.1, 0.15) is 5.76 Å². The molecule has 0 bridgehead atoms. The molecule has 0 saturated heterocycles. The number of rotatable bonds is 4. The molecule has 2 rings (SSSR count). The van der Waals surface area contributed by atoms with Gasteiger partial charge < -0.3 is 15.1 Å². The minimum absolute atomic E-state index is 0.0144. The largest absolute Gasteiger partial charge is 0.469 e. The number of hydrogen-bond acceptors (Lipinski definition) is 3. The lowest BCUT2D eigenvalue weighted by molar-refractivity contribution is -0.136. The molecular formula is C13H20N2O2. The first-order valence-corrected chi connectivity index (χ1v) is 6.00. The Balaban J connectivity index is 2.02. The van der Waals surface area contributed by atoms with Crippen molar-refractivity contribution in [3.05, 3.63) is 23.7 Å². The Morgan fingerprint density at radius 2 is 2.29 bits per heavy atom. The van der Waals surface area contributed by atoms with Crippen LogP contribution < -0.4 is 5.73 Å². The lowest BCUT2D eigenvalue weighted by Gasteiger charge is -2.29. The van der Waals surface area contributed by atoms with Gasteiger partial charge in [-0.1, -0.05) is 0 Å². The van der Waals surface area contributed by atoms with Gasteiger partial charge in [-0.25, -0.2) is 0 Å². The minimum atomic E-state index is -0.716. The summed E-state index contributed by atoms with van der Waals surface area (Å²) in [4.78, 5) is 13.9. The van der Waals surface area contributed by atoms with E-state index < -0.39 is 5.54 Å². The highest BCUT2D eigenvalue weighted by atomic mass is 16.3. The maximum Gasteiger partial charge on any atom is 0.242 e. The van der Waals surface area contributed by atoms with Crippen LogP contribution in [0, 0.1) is 12.8 Å². The fraction of sp³-hybridized carbons (Fsp3) is 0.615. The first kappa shape index (κ1) is 12.2. The summed E-state index contributed by atoms with van der Waals surface area (Å²) >= 11 is 0. The molecule has 94 valence electrons. The Morgan fingerprint density at radius 3 is 2.76 bits per heavy atom. The van der Waals surface area contributed by atoms with E-state index in [1.807, 2.05) is 19.9 Å². The molecule has 2 N–H and O–H groups in total. The third kappa shape index (κ3) is 2.36. The van der Waals surface area contributed by atoms with Crippen LogP contribution in [0.2, 0.25) is 0 Å². The number of hydrogen-bond donors (Lipinski definition) is 1. The van der Waals surface area contributed by atoms with Crippen molar-refractivity contribution in [3.63, 3.8) is 0 Å². The molecule has 1 heterocycles. The number of carbonyl (C=O) groups is 1. The lowest BCUT2D eigenvalue weighted by Crippen LogP contribution is -2.53. The van der Waals surface area contributed by atoms with Crippen LogP contribution in [0.3, 0.4) is 0 Å². The summed E-state index contributed by atoms with van der Waals surface area (Å²) in [5.41, 5.74) is 6.44. The zero-order chi connectivity index (χ0) is 12.6. The van der Waals surface area contributed by atoms with Crippen molar-refractivity contribution in [2.45, 2.75) is 38.8 Å². The van der Waals surface area contributed by atoms with Crippen molar-refractivity contribution in [2.24, 2.45) is 11.7 Å².